The standard InChI is InChI=1S/C23H37N7O5S/c1-13(2)18(22(34)35)30-21(33)17(12-36)29-20(32)16(9-6-10-27-23(25)26)28-19(31)15(24)11-14-7-4-3-5-8-14/h3-5,7-8,13,15-18,36H,6,9-12,24H2,1-2H3,(H,28,31)(H,29,32)(H,30,33)(H,34,35)(H4,25,26,27). The molecule has 1 rings (SSSR count). The Hall–Kier alpha value is -3.32. The van der Waals surface area contributed by atoms with E-state index in [1.807, 2.05) is 30.3 Å². The number of carbonyl (C=O) groups is 4. The molecular weight excluding hydrogens is 486 g/mol. The van der Waals surface area contributed by atoms with Crippen molar-refractivity contribution < 1.29 is 24.3 Å². The molecule has 200 valence electrons. The molecule has 0 aromatic heterocycles. The number of thiol groups is 1. The van der Waals surface area contributed by atoms with Crippen LogP contribution in [0.1, 0.15) is 32.3 Å². The van der Waals surface area contributed by atoms with Crippen LogP contribution >= 0.6 is 12.6 Å². The largest absolute Gasteiger partial charge is 0.480 e. The Labute approximate surface area is 216 Å². The summed E-state index contributed by atoms with van der Waals surface area (Å²) in [6, 6.07) is 4.97. The molecule has 0 aliphatic rings. The number of nitrogens with one attached hydrogen (secondary N) is 3. The van der Waals surface area contributed by atoms with Crippen LogP contribution in [0.5, 0.6) is 0 Å². The van der Waals surface area contributed by atoms with Crippen molar-refractivity contribution in [1.29, 1.82) is 0 Å². The van der Waals surface area contributed by atoms with Crippen LogP contribution in [0.3, 0.4) is 0 Å². The highest BCUT2D eigenvalue weighted by Crippen LogP contribution is 2.06. The first-order chi connectivity index (χ1) is 17.0. The summed E-state index contributed by atoms with van der Waals surface area (Å²) in [7, 11) is 0. The summed E-state index contributed by atoms with van der Waals surface area (Å²) in [5, 5.41) is 16.9. The van der Waals surface area contributed by atoms with Gasteiger partial charge in [-0.25, -0.2) is 4.79 Å². The molecule has 10 N–H and O–H groups in total. The number of nitrogens with two attached hydrogens (primary N) is 3. The van der Waals surface area contributed by atoms with E-state index in [2.05, 4.69) is 33.6 Å². The molecule has 3 amide bonds. The maximum Gasteiger partial charge on any atom is 0.326 e. The molecule has 0 bridgehead atoms. The maximum absolute atomic E-state index is 13.0. The first-order valence-corrected chi connectivity index (χ1v) is 12.2. The summed E-state index contributed by atoms with van der Waals surface area (Å²) < 4.78 is 0. The monoisotopic (exact) mass is 523 g/mol. The Balaban J connectivity index is 2.91. The smallest absolute Gasteiger partial charge is 0.326 e. The molecule has 1 aromatic carbocycles. The van der Waals surface area contributed by atoms with Crippen molar-refractivity contribution in [3.05, 3.63) is 35.9 Å². The molecule has 0 spiro atoms. The van der Waals surface area contributed by atoms with Crippen molar-refractivity contribution in [1.82, 2.24) is 16.0 Å². The zero-order valence-corrected chi connectivity index (χ0v) is 21.4. The molecule has 0 aliphatic heterocycles. The van der Waals surface area contributed by atoms with Crippen molar-refractivity contribution in [2.45, 2.75) is 57.3 Å². The Kier molecular flexibility index (Phi) is 13.3. The second kappa shape index (κ2) is 15.6. The number of rotatable bonds is 15. The van der Waals surface area contributed by atoms with Crippen molar-refractivity contribution in [3.63, 3.8) is 0 Å². The number of carbonyl (C=O) groups excluding carboxylic acids is 3. The number of guanidine groups is 1. The summed E-state index contributed by atoms with van der Waals surface area (Å²) in [5.41, 5.74) is 17.6. The quantitative estimate of drug-likeness (QED) is 0.0599. The lowest BCUT2D eigenvalue weighted by atomic mass is 10.0. The third kappa shape index (κ3) is 11.0. The fraction of sp³-hybridized carbons (Fsp3) is 0.522. The molecule has 4 atom stereocenters. The lowest BCUT2D eigenvalue weighted by Crippen LogP contribution is -2.58. The Morgan fingerprint density at radius 3 is 2.08 bits per heavy atom. The van der Waals surface area contributed by atoms with Crippen molar-refractivity contribution in [2.24, 2.45) is 28.1 Å². The van der Waals surface area contributed by atoms with Crippen LogP contribution in [0.4, 0.5) is 0 Å². The van der Waals surface area contributed by atoms with Crippen LogP contribution < -0.4 is 33.2 Å². The van der Waals surface area contributed by atoms with E-state index < -0.39 is 47.9 Å². The van der Waals surface area contributed by atoms with E-state index in [0.29, 0.717) is 6.42 Å². The van der Waals surface area contributed by atoms with Gasteiger partial charge in [0, 0.05) is 12.3 Å². The number of aliphatic carboxylic acids is 1. The lowest BCUT2D eigenvalue weighted by molar-refractivity contribution is -0.143. The minimum absolute atomic E-state index is 0.0931. The fourth-order valence-corrected chi connectivity index (χ4v) is 3.50. The van der Waals surface area contributed by atoms with Gasteiger partial charge in [0.1, 0.15) is 18.1 Å². The molecule has 0 heterocycles. The van der Waals surface area contributed by atoms with Crippen molar-refractivity contribution >= 4 is 42.3 Å². The van der Waals surface area contributed by atoms with E-state index in [9.17, 15) is 24.3 Å². The van der Waals surface area contributed by atoms with Crippen LogP contribution in [0.15, 0.2) is 35.3 Å². The number of amides is 3. The zero-order chi connectivity index (χ0) is 27.3. The minimum atomic E-state index is -1.19. The molecule has 0 aliphatic carbocycles. The van der Waals surface area contributed by atoms with Gasteiger partial charge >= 0.3 is 5.97 Å². The summed E-state index contributed by atoms with van der Waals surface area (Å²) in [6.07, 6.45) is 0.788. The van der Waals surface area contributed by atoms with E-state index >= 15 is 0 Å². The van der Waals surface area contributed by atoms with Crippen LogP contribution in [0.2, 0.25) is 0 Å². The van der Waals surface area contributed by atoms with Crippen LogP contribution in [-0.4, -0.2) is 71.2 Å². The van der Waals surface area contributed by atoms with Gasteiger partial charge in [-0.2, -0.15) is 12.6 Å². The van der Waals surface area contributed by atoms with Crippen LogP contribution in [0.25, 0.3) is 0 Å². The highest BCUT2D eigenvalue weighted by Gasteiger charge is 2.30. The fourth-order valence-electron chi connectivity index (χ4n) is 3.25. The number of nitrogens with zero attached hydrogens (tertiary/aromatic N) is 1. The summed E-state index contributed by atoms with van der Waals surface area (Å²) in [6.45, 7) is 3.52. The second-order valence-corrected chi connectivity index (χ2v) is 8.98. The van der Waals surface area contributed by atoms with Crippen LogP contribution in [-0.2, 0) is 25.6 Å². The predicted octanol–water partition coefficient (Wildman–Crippen LogP) is -1.27. The number of benzene rings is 1. The summed E-state index contributed by atoms with van der Waals surface area (Å²) >= 11 is 4.11. The normalized spacial score (nSPS) is 14.1. The van der Waals surface area contributed by atoms with E-state index in [1.165, 1.54) is 0 Å². The molecule has 13 heteroatoms. The van der Waals surface area contributed by atoms with Crippen molar-refractivity contribution in [3.8, 4) is 0 Å². The molecule has 4 unspecified atom stereocenters. The number of carboxylic acid groups (broad SMARTS) is 1. The average molecular weight is 524 g/mol. The predicted molar refractivity (Wildman–Crippen MR) is 140 cm³/mol. The molecule has 36 heavy (non-hydrogen) atoms. The van der Waals surface area contributed by atoms with Gasteiger partial charge in [0.25, 0.3) is 0 Å². The summed E-state index contributed by atoms with van der Waals surface area (Å²) in [4.78, 5) is 53.7. The van der Waals surface area contributed by atoms with Crippen molar-refractivity contribution in [2.75, 3.05) is 12.3 Å². The number of hydrogen-bond acceptors (Lipinski definition) is 7. The molecule has 0 saturated heterocycles. The molecule has 0 saturated carbocycles. The van der Waals surface area contributed by atoms with Crippen LogP contribution in [0, 0.1) is 5.92 Å². The Morgan fingerprint density at radius 1 is 0.972 bits per heavy atom. The van der Waals surface area contributed by atoms with Gasteiger partial charge in [-0.05, 0) is 30.7 Å². The number of carboxylic acids is 1. The Morgan fingerprint density at radius 2 is 1.56 bits per heavy atom. The maximum atomic E-state index is 13.0. The van der Waals surface area contributed by atoms with Gasteiger partial charge in [0.15, 0.2) is 5.96 Å². The third-order valence-corrected chi connectivity index (χ3v) is 5.62. The van der Waals surface area contributed by atoms with Gasteiger partial charge in [-0.15, -0.1) is 0 Å². The average Bonchev–Trinajstić information content (AvgIpc) is 2.82. The van der Waals surface area contributed by atoms with E-state index in [1.54, 1.807) is 13.8 Å². The van der Waals surface area contributed by atoms with Gasteiger partial charge in [0.05, 0.1) is 6.04 Å². The molecule has 0 radical (unpaired) electrons. The lowest BCUT2D eigenvalue weighted by Gasteiger charge is -2.25. The summed E-state index contributed by atoms with van der Waals surface area (Å²) in [5.74, 6) is -3.66. The van der Waals surface area contributed by atoms with Gasteiger partial charge in [-0.3, -0.25) is 19.4 Å². The van der Waals surface area contributed by atoms with Gasteiger partial charge in [0.2, 0.25) is 17.7 Å². The first kappa shape index (κ1) is 30.7. The highest BCUT2D eigenvalue weighted by molar-refractivity contribution is 7.80. The number of aliphatic imine (C=N–C) groups is 1. The SMILES string of the molecule is CC(C)C(NC(=O)C(CS)NC(=O)C(CCCN=C(N)N)NC(=O)C(N)Cc1ccccc1)C(=O)O. The number of hydrogen-bond donors (Lipinski definition) is 8. The van der Waals surface area contributed by atoms with Gasteiger partial charge < -0.3 is 38.3 Å². The Bertz CT molecular complexity index is 909. The van der Waals surface area contributed by atoms with E-state index in [4.69, 9.17) is 17.2 Å². The second-order valence-electron chi connectivity index (χ2n) is 8.62. The molecule has 12 nitrogen and oxygen atoms in total. The zero-order valence-electron chi connectivity index (χ0n) is 20.5. The van der Waals surface area contributed by atoms with E-state index in [-0.39, 0.29) is 37.0 Å². The van der Waals surface area contributed by atoms with Gasteiger partial charge in [-0.1, -0.05) is 44.2 Å². The molecular formula is C23H37N7O5S. The van der Waals surface area contributed by atoms with E-state index in [0.717, 1.165) is 5.56 Å². The highest BCUT2D eigenvalue weighted by atomic mass is 32.1. The minimum Gasteiger partial charge on any atom is -0.480 e. The molecule has 1 aromatic rings. The molecule has 0 fully saturated rings. The third-order valence-electron chi connectivity index (χ3n) is 5.26. The first-order valence-electron chi connectivity index (χ1n) is 11.6. The topological polar surface area (TPSA) is 215 Å².